The van der Waals surface area contributed by atoms with Crippen LogP contribution < -0.4 is 5.32 Å². The van der Waals surface area contributed by atoms with Crippen molar-refractivity contribution in [3.05, 3.63) is 59.1 Å². The summed E-state index contributed by atoms with van der Waals surface area (Å²) in [5, 5.41) is 12.1. The predicted molar refractivity (Wildman–Crippen MR) is 98.0 cm³/mol. The standard InChI is InChI=1S/C18H19ClN4O3/c1-12-10-22(17(25)7-4-8-24)11-16-20-9-15(23(12)16)18(26)21-14-6-3-2-5-13(14)19/h2-7,9,12,24H,8,10-11H2,1H3,(H,21,26)/b7-4+/t12-/m0/s1/i4D,7D. The fourth-order valence-electron chi connectivity index (χ4n) is 2.91. The first-order valence-electron chi connectivity index (χ1n) is 9.02. The van der Waals surface area contributed by atoms with E-state index in [1.165, 1.54) is 11.1 Å². The Hall–Kier alpha value is -2.64. The fourth-order valence-corrected chi connectivity index (χ4v) is 3.09. The second-order valence-electron chi connectivity index (χ2n) is 5.86. The van der Waals surface area contributed by atoms with Crippen molar-refractivity contribution >= 4 is 29.1 Å². The molecule has 0 spiro atoms. The topological polar surface area (TPSA) is 87.5 Å². The van der Waals surface area contributed by atoms with Crippen LogP contribution in [0.2, 0.25) is 5.02 Å². The SMILES string of the molecule is [2H]/C(CO)=C(/[2H])C(=O)N1Cc2ncc(C(=O)Nc3ccccc3Cl)n2[C@@H](C)C1. The van der Waals surface area contributed by atoms with E-state index in [1.54, 1.807) is 28.8 Å². The highest BCUT2D eigenvalue weighted by Gasteiger charge is 2.29. The lowest BCUT2D eigenvalue weighted by Gasteiger charge is -2.32. The van der Waals surface area contributed by atoms with Gasteiger partial charge in [0.05, 0.1) is 38.8 Å². The Morgan fingerprint density at radius 2 is 2.27 bits per heavy atom. The van der Waals surface area contributed by atoms with Crippen LogP contribution in [0.25, 0.3) is 0 Å². The number of rotatable bonds is 4. The minimum atomic E-state index is -0.672. The Bertz CT molecular complexity index is 960. The summed E-state index contributed by atoms with van der Waals surface area (Å²) in [4.78, 5) is 30.7. The van der Waals surface area contributed by atoms with E-state index >= 15 is 0 Å². The summed E-state index contributed by atoms with van der Waals surface area (Å²) >= 11 is 6.09. The fraction of sp³-hybridized carbons (Fsp3) is 0.278. The number of aliphatic hydroxyl groups is 1. The zero-order valence-electron chi connectivity index (χ0n) is 16.1. The molecule has 8 heteroatoms. The van der Waals surface area contributed by atoms with Gasteiger partial charge in [-0.3, -0.25) is 9.59 Å². The molecule has 0 saturated heterocycles. The molecule has 2 heterocycles. The third kappa shape index (κ3) is 3.63. The van der Waals surface area contributed by atoms with Crippen LogP contribution in [0.4, 0.5) is 5.69 Å². The number of hydrogen-bond donors (Lipinski definition) is 2. The van der Waals surface area contributed by atoms with E-state index in [4.69, 9.17) is 19.4 Å². The lowest BCUT2D eigenvalue weighted by atomic mass is 10.2. The summed E-state index contributed by atoms with van der Waals surface area (Å²) in [5.41, 5.74) is 0.827. The third-order valence-electron chi connectivity index (χ3n) is 4.05. The molecule has 2 aromatic rings. The van der Waals surface area contributed by atoms with Crippen molar-refractivity contribution in [1.82, 2.24) is 14.5 Å². The number of anilines is 1. The first kappa shape index (κ1) is 15.6. The Balaban J connectivity index is 1.83. The van der Waals surface area contributed by atoms with Gasteiger partial charge in [-0.2, -0.15) is 0 Å². The van der Waals surface area contributed by atoms with Crippen LogP contribution in [-0.2, 0) is 11.3 Å². The molecule has 0 fully saturated rings. The van der Waals surface area contributed by atoms with Crippen molar-refractivity contribution in [1.29, 1.82) is 0 Å². The van der Waals surface area contributed by atoms with Crippen LogP contribution in [0.15, 0.2) is 42.6 Å². The van der Waals surface area contributed by atoms with Gasteiger partial charge in [0.1, 0.15) is 11.5 Å². The van der Waals surface area contributed by atoms with Gasteiger partial charge in [0.25, 0.3) is 5.91 Å². The lowest BCUT2D eigenvalue weighted by Crippen LogP contribution is -2.40. The maximum atomic E-state index is 12.7. The zero-order chi connectivity index (χ0) is 20.4. The van der Waals surface area contributed by atoms with E-state index in [-0.39, 0.29) is 25.0 Å². The molecule has 1 aliphatic heterocycles. The molecule has 2 N–H and O–H groups in total. The molecule has 26 heavy (non-hydrogen) atoms. The molecule has 0 bridgehead atoms. The molecule has 0 saturated carbocycles. The van der Waals surface area contributed by atoms with E-state index < -0.39 is 24.6 Å². The summed E-state index contributed by atoms with van der Waals surface area (Å²) in [7, 11) is 0. The third-order valence-corrected chi connectivity index (χ3v) is 4.38. The maximum absolute atomic E-state index is 12.7. The normalized spacial score (nSPS) is 18.4. The largest absolute Gasteiger partial charge is 0.392 e. The minimum Gasteiger partial charge on any atom is -0.392 e. The number of fused-ring (bicyclic) bond motifs is 1. The maximum Gasteiger partial charge on any atom is 0.273 e. The molecule has 7 nitrogen and oxygen atoms in total. The molecule has 1 atom stereocenters. The smallest absolute Gasteiger partial charge is 0.273 e. The van der Waals surface area contributed by atoms with Crippen molar-refractivity contribution in [2.45, 2.75) is 19.5 Å². The number of carbonyl (C=O) groups is 2. The Morgan fingerprint density at radius 3 is 3.00 bits per heavy atom. The van der Waals surface area contributed by atoms with Crippen LogP contribution in [0.3, 0.4) is 0 Å². The summed E-state index contributed by atoms with van der Waals surface area (Å²) in [6.07, 6.45) is 1.44. The van der Waals surface area contributed by atoms with Gasteiger partial charge in [0, 0.05) is 12.6 Å². The molecule has 0 radical (unpaired) electrons. The molecule has 1 aromatic heterocycles. The van der Waals surface area contributed by atoms with E-state index in [9.17, 15) is 9.59 Å². The van der Waals surface area contributed by atoms with Gasteiger partial charge in [-0.05, 0) is 19.1 Å². The minimum absolute atomic E-state index is 0.101. The zero-order valence-corrected chi connectivity index (χ0v) is 14.8. The molecule has 136 valence electrons. The van der Waals surface area contributed by atoms with E-state index in [1.807, 2.05) is 6.92 Å². The molecular formula is C18H19ClN4O3. The lowest BCUT2D eigenvalue weighted by molar-refractivity contribution is -0.128. The van der Waals surface area contributed by atoms with Gasteiger partial charge >= 0.3 is 0 Å². The molecule has 1 aromatic carbocycles. The first-order chi connectivity index (χ1) is 13.3. The van der Waals surface area contributed by atoms with Crippen molar-refractivity contribution < 1.29 is 17.4 Å². The first-order valence-corrected chi connectivity index (χ1v) is 8.39. The molecule has 1 aliphatic rings. The highest BCUT2D eigenvalue weighted by Crippen LogP contribution is 2.25. The van der Waals surface area contributed by atoms with E-state index in [2.05, 4.69) is 10.3 Å². The monoisotopic (exact) mass is 376 g/mol. The van der Waals surface area contributed by atoms with Crippen LogP contribution in [0.1, 0.15) is 32.0 Å². The summed E-state index contributed by atoms with van der Waals surface area (Å²) in [6, 6.07) is 5.64. The number of carbonyl (C=O) groups excluding carboxylic acids is 2. The number of nitrogens with zero attached hydrogens (tertiary/aromatic N) is 3. The second-order valence-corrected chi connectivity index (χ2v) is 6.27. The molecule has 3 rings (SSSR count). The van der Waals surface area contributed by atoms with Gasteiger partial charge in [0.2, 0.25) is 5.91 Å². The number of aromatic nitrogens is 2. The van der Waals surface area contributed by atoms with Gasteiger partial charge < -0.3 is 19.9 Å². The van der Waals surface area contributed by atoms with Gasteiger partial charge in [-0.1, -0.05) is 29.8 Å². The van der Waals surface area contributed by atoms with E-state index in [0.717, 1.165) is 0 Å². The molecule has 2 amide bonds. The Labute approximate surface area is 158 Å². The number of amides is 2. The predicted octanol–water partition coefficient (Wildman–Crippen LogP) is 2.24. The van der Waals surface area contributed by atoms with Crippen LogP contribution in [0.5, 0.6) is 0 Å². The van der Waals surface area contributed by atoms with Crippen LogP contribution in [0, 0.1) is 0 Å². The molecular weight excluding hydrogens is 356 g/mol. The summed E-state index contributed by atoms with van der Waals surface area (Å²) < 4.78 is 16.9. The van der Waals surface area contributed by atoms with E-state index in [0.29, 0.717) is 22.2 Å². The number of hydrogen-bond acceptors (Lipinski definition) is 4. The van der Waals surface area contributed by atoms with Gasteiger partial charge in [0.15, 0.2) is 0 Å². The summed E-state index contributed by atoms with van der Waals surface area (Å²) in [5.74, 6) is -0.518. The number of halogens is 1. The quantitative estimate of drug-likeness (QED) is 0.801. The van der Waals surface area contributed by atoms with Crippen LogP contribution >= 0.6 is 11.6 Å². The highest BCUT2D eigenvalue weighted by molar-refractivity contribution is 6.33. The van der Waals surface area contributed by atoms with Gasteiger partial charge in [-0.15, -0.1) is 0 Å². The average Bonchev–Trinajstić information content (AvgIpc) is 3.12. The molecule has 0 aliphatic carbocycles. The van der Waals surface area contributed by atoms with Gasteiger partial charge in [-0.25, -0.2) is 4.98 Å². The number of aliphatic hydroxyl groups excluding tert-OH is 1. The van der Waals surface area contributed by atoms with Crippen LogP contribution in [-0.4, -0.2) is 44.5 Å². The number of nitrogens with one attached hydrogen (secondary N) is 1. The van der Waals surface area contributed by atoms with Crippen molar-refractivity contribution in [2.24, 2.45) is 0 Å². The van der Waals surface area contributed by atoms with Crippen molar-refractivity contribution in [3.8, 4) is 0 Å². The Morgan fingerprint density at radius 1 is 1.50 bits per heavy atom. The Kier molecular flexibility index (Phi) is 4.63. The molecule has 0 unspecified atom stereocenters. The number of benzene rings is 1. The van der Waals surface area contributed by atoms with Crippen molar-refractivity contribution in [3.63, 3.8) is 0 Å². The summed E-state index contributed by atoms with van der Waals surface area (Å²) in [6.45, 7) is 1.51. The van der Waals surface area contributed by atoms with Crippen molar-refractivity contribution in [2.75, 3.05) is 18.5 Å². The number of imidazole rings is 1. The number of para-hydroxylation sites is 1. The average molecular weight is 377 g/mol. The second kappa shape index (κ2) is 7.72. The highest BCUT2D eigenvalue weighted by atomic mass is 35.5.